The van der Waals surface area contributed by atoms with E-state index in [0.717, 1.165) is 3.57 Å². The summed E-state index contributed by atoms with van der Waals surface area (Å²) in [6.07, 6.45) is 1.46. The average Bonchev–Trinajstić information content (AvgIpc) is 2.99. The van der Waals surface area contributed by atoms with Gasteiger partial charge < -0.3 is 29.6 Å². The first-order valence-corrected chi connectivity index (χ1v) is 14.9. The zero-order chi connectivity index (χ0) is 31.6. The molecule has 10 nitrogen and oxygen atoms in total. The van der Waals surface area contributed by atoms with Gasteiger partial charge in [-0.25, -0.2) is 14.6 Å². The van der Waals surface area contributed by atoms with Gasteiger partial charge in [0.25, 0.3) is 5.91 Å². The number of allylic oxidation sites excluding steroid dienone is 1. The Balaban J connectivity index is 1.40. The number of esters is 1. The van der Waals surface area contributed by atoms with Crippen LogP contribution in [0.1, 0.15) is 36.6 Å². The molecule has 3 N–H and O–H groups in total. The fourth-order valence-electron chi connectivity index (χ4n) is 4.35. The zero-order valence-electron chi connectivity index (χ0n) is 24.1. The highest BCUT2D eigenvalue weighted by Crippen LogP contribution is 2.35. The molecule has 0 saturated heterocycles. The standard InChI is InChI=1S/C31H30FIN4O6S/c1-4-41-30(39)27-18(2)35-31(44)36-28(27)22-10-5-6-11-24(22)42-17-26(38)37-34-15-20-13-23(33)29(25(14-20)40-3)43-16-19-8-7-9-21(32)12-19/h5-15,28H,4,16-17H2,1-3H3,(H,37,38)(H2,35,36,44)/t28-/m0/s1. The van der Waals surface area contributed by atoms with Crippen LogP contribution in [0, 0.1) is 9.39 Å². The van der Waals surface area contributed by atoms with E-state index < -0.39 is 17.9 Å². The van der Waals surface area contributed by atoms with E-state index in [-0.39, 0.29) is 25.6 Å². The lowest BCUT2D eigenvalue weighted by atomic mass is 9.95. The normalized spacial score (nSPS) is 14.5. The third kappa shape index (κ3) is 8.44. The number of carbonyl (C=O) groups is 2. The van der Waals surface area contributed by atoms with E-state index in [1.807, 2.05) is 0 Å². The van der Waals surface area contributed by atoms with Gasteiger partial charge in [-0.2, -0.15) is 5.10 Å². The molecule has 0 radical (unpaired) electrons. The van der Waals surface area contributed by atoms with E-state index in [0.29, 0.717) is 50.3 Å². The summed E-state index contributed by atoms with van der Waals surface area (Å²) < 4.78 is 36.7. The number of hydrogen-bond acceptors (Lipinski definition) is 8. The highest BCUT2D eigenvalue weighted by Gasteiger charge is 2.32. The summed E-state index contributed by atoms with van der Waals surface area (Å²) in [6, 6.07) is 16.1. The van der Waals surface area contributed by atoms with Gasteiger partial charge in [-0.1, -0.05) is 30.3 Å². The number of methoxy groups -OCH3 is 1. The van der Waals surface area contributed by atoms with Crippen molar-refractivity contribution in [3.63, 3.8) is 0 Å². The zero-order valence-corrected chi connectivity index (χ0v) is 27.1. The summed E-state index contributed by atoms with van der Waals surface area (Å²) in [6.45, 7) is 3.51. The number of thiocarbonyl (C=S) groups is 1. The molecule has 0 bridgehead atoms. The van der Waals surface area contributed by atoms with Crippen LogP contribution in [-0.4, -0.2) is 43.5 Å². The molecule has 1 aliphatic rings. The molecule has 230 valence electrons. The van der Waals surface area contributed by atoms with Crippen LogP contribution in [-0.2, 0) is 20.9 Å². The van der Waals surface area contributed by atoms with Crippen LogP contribution in [0.2, 0.25) is 0 Å². The summed E-state index contributed by atoms with van der Waals surface area (Å²) in [7, 11) is 1.51. The van der Waals surface area contributed by atoms with Crippen LogP contribution in [0.4, 0.5) is 4.39 Å². The number of para-hydroxylation sites is 1. The maximum atomic E-state index is 13.5. The van der Waals surface area contributed by atoms with Crippen molar-refractivity contribution in [1.82, 2.24) is 16.1 Å². The summed E-state index contributed by atoms with van der Waals surface area (Å²) >= 11 is 7.42. The molecule has 3 aromatic carbocycles. The minimum atomic E-state index is -0.640. The smallest absolute Gasteiger partial charge is 0.338 e. The molecule has 1 atom stereocenters. The van der Waals surface area contributed by atoms with Crippen LogP contribution >= 0.6 is 34.8 Å². The number of rotatable bonds is 12. The van der Waals surface area contributed by atoms with E-state index >= 15 is 0 Å². The van der Waals surface area contributed by atoms with Crippen molar-refractivity contribution < 1.29 is 32.9 Å². The van der Waals surface area contributed by atoms with Gasteiger partial charge in [-0.15, -0.1) is 0 Å². The Labute approximate surface area is 273 Å². The van der Waals surface area contributed by atoms with Crippen LogP contribution in [0.3, 0.4) is 0 Å². The molecule has 0 aromatic heterocycles. The summed E-state index contributed by atoms with van der Waals surface area (Å²) in [5.41, 5.74) is 5.32. The second-order valence-corrected chi connectivity index (χ2v) is 10.9. The SMILES string of the molecule is CCOC(=O)C1=C(C)NC(=S)N[C@H]1c1ccccc1OCC(=O)NN=Cc1cc(I)c(OCc2cccc(F)c2)c(OC)c1. The average molecular weight is 733 g/mol. The molecular formula is C31H30FIN4O6S. The third-order valence-electron chi connectivity index (χ3n) is 6.28. The van der Waals surface area contributed by atoms with Crippen LogP contribution in [0.25, 0.3) is 0 Å². The molecule has 0 aliphatic carbocycles. The molecular weight excluding hydrogens is 702 g/mol. The Kier molecular flexibility index (Phi) is 11.5. The Morgan fingerprint density at radius 1 is 1.11 bits per heavy atom. The third-order valence-corrected chi connectivity index (χ3v) is 7.30. The van der Waals surface area contributed by atoms with Crippen molar-refractivity contribution in [1.29, 1.82) is 0 Å². The fourth-order valence-corrected chi connectivity index (χ4v) is 5.40. The van der Waals surface area contributed by atoms with Gasteiger partial charge in [0, 0.05) is 11.3 Å². The molecule has 1 aliphatic heterocycles. The number of hydrogen-bond donors (Lipinski definition) is 3. The largest absolute Gasteiger partial charge is 0.493 e. The highest BCUT2D eigenvalue weighted by molar-refractivity contribution is 14.1. The molecule has 0 spiro atoms. The Morgan fingerprint density at radius 3 is 2.66 bits per heavy atom. The van der Waals surface area contributed by atoms with Gasteiger partial charge in [0.15, 0.2) is 23.2 Å². The Hall–Kier alpha value is -4.24. The van der Waals surface area contributed by atoms with Crippen molar-refractivity contribution >= 4 is 58.0 Å². The van der Waals surface area contributed by atoms with Crippen LogP contribution < -0.4 is 30.3 Å². The van der Waals surface area contributed by atoms with Gasteiger partial charge in [-0.3, -0.25) is 4.79 Å². The number of halogens is 2. The molecule has 13 heteroatoms. The van der Waals surface area contributed by atoms with E-state index in [2.05, 4.69) is 43.8 Å². The number of benzene rings is 3. The lowest BCUT2D eigenvalue weighted by molar-refractivity contribution is -0.139. The molecule has 4 rings (SSSR count). The van der Waals surface area contributed by atoms with E-state index in [9.17, 15) is 14.0 Å². The predicted octanol–water partition coefficient (Wildman–Crippen LogP) is 4.90. The molecule has 0 unspecified atom stereocenters. The summed E-state index contributed by atoms with van der Waals surface area (Å²) in [4.78, 5) is 25.3. The highest BCUT2D eigenvalue weighted by atomic mass is 127. The minimum Gasteiger partial charge on any atom is -0.493 e. The first kappa shape index (κ1) is 32.7. The molecule has 44 heavy (non-hydrogen) atoms. The monoisotopic (exact) mass is 732 g/mol. The topological polar surface area (TPSA) is 120 Å². The Bertz CT molecular complexity index is 1620. The first-order chi connectivity index (χ1) is 21.2. The van der Waals surface area contributed by atoms with Crippen molar-refractivity contribution in [2.24, 2.45) is 5.10 Å². The van der Waals surface area contributed by atoms with Crippen molar-refractivity contribution in [3.05, 3.63) is 98.0 Å². The lowest BCUT2D eigenvalue weighted by Gasteiger charge is -2.30. The van der Waals surface area contributed by atoms with Crippen molar-refractivity contribution in [2.75, 3.05) is 20.3 Å². The number of amides is 1. The van der Waals surface area contributed by atoms with Gasteiger partial charge in [0.2, 0.25) is 0 Å². The number of nitrogens with one attached hydrogen (secondary N) is 3. The number of ether oxygens (including phenoxy) is 4. The number of carbonyl (C=O) groups excluding carboxylic acids is 2. The molecule has 0 fully saturated rings. The molecule has 1 amide bonds. The quantitative estimate of drug-likeness (QED) is 0.0786. The maximum Gasteiger partial charge on any atom is 0.338 e. The predicted molar refractivity (Wildman–Crippen MR) is 175 cm³/mol. The van der Waals surface area contributed by atoms with Gasteiger partial charge in [0.1, 0.15) is 18.2 Å². The van der Waals surface area contributed by atoms with Gasteiger partial charge in [0.05, 0.1) is 35.1 Å². The van der Waals surface area contributed by atoms with Gasteiger partial charge in [-0.05, 0) is 90.1 Å². The van der Waals surface area contributed by atoms with Crippen LogP contribution in [0.5, 0.6) is 17.2 Å². The molecule has 0 saturated carbocycles. The van der Waals surface area contributed by atoms with Crippen LogP contribution in [0.15, 0.2) is 77.0 Å². The van der Waals surface area contributed by atoms with E-state index in [4.69, 9.17) is 31.2 Å². The van der Waals surface area contributed by atoms with Crippen molar-refractivity contribution in [2.45, 2.75) is 26.5 Å². The molecule has 3 aromatic rings. The van der Waals surface area contributed by atoms with E-state index in [1.54, 1.807) is 62.4 Å². The maximum absolute atomic E-state index is 13.5. The summed E-state index contributed by atoms with van der Waals surface area (Å²) in [5, 5.41) is 10.4. The minimum absolute atomic E-state index is 0.164. The number of nitrogens with zero attached hydrogens (tertiary/aromatic N) is 1. The second kappa shape index (κ2) is 15.5. The van der Waals surface area contributed by atoms with Gasteiger partial charge >= 0.3 is 5.97 Å². The first-order valence-electron chi connectivity index (χ1n) is 13.4. The van der Waals surface area contributed by atoms with E-state index in [1.165, 1.54) is 25.5 Å². The molecule has 1 heterocycles. The fraction of sp³-hybridized carbons (Fsp3) is 0.226. The lowest BCUT2D eigenvalue weighted by Crippen LogP contribution is -2.45. The second-order valence-electron chi connectivity index (χ2n) is 9.36. The summed E-state index contributed by atoms with van der Waals surface area (Å²) in [5.74, 6) is 0.0198. The number of hydrazone groups is 1. The van der Waals surface area contributed by atoms with Crippen molar-refractivity contribution in [3.8, 4) is 17.2 Å². The Morgan fingerprint density at radius 2 is 1.91 bits per heavy atom.